The maximum absolute atomic E-state index is 10.8. The van der Waals surface area contributed by atoms with E-state index in [9.17, 15) is 10.1 Å². The number of nitrogens with zero attached hydrogens (tertiary/aromatic N) is 2. The number of pyridine rings is 1. The molecule has 17 heavy (non-hydrogen) atoms. The zero-order valence-corrected chi connectivity index (χ0v) is 9.04. The average Bonchev–Trinajstić information content (AvgIpc) is 2.38. The Morgan fingerprint density at radius 1 is 1.18 bits per heavy atom. The fourth-order valence-corrected chi connectivity index (χ4v) is 1.49. The quantitative estimate of drug-likeness (QED) is 0.646. The molecule has 0 radical (unpaired) electrons. The molecule has 0 saturated heterocycles. The van der Waals surface area contributed by atoms with E-state index < -0.39 is 0 Å². The lowest BCUT2D eigenvalue weighted by atomic mass is 10.2. The molecule has 0 aliphatic rings. The summed E-state index contributed by atoms with van der Waals surface area (Å²) >= 11 is 0. The highest BCUT2D eigenvalue weighted by atomic mass is 16.6. The van der Waals surface area contributed by atoms with Gasteiger partial charge in [-0.15, -0.1) is 0 Å². The summed E-state index contributed by atoms with van der Waals surface area (Å²) in [6.45, 7) is 0.383. The molecule has 0 fully saturated rings. The third-order valence-corrected chi connectivity index (χ3v) is 2.31. The fraction of sp³-hybridized carbons (Fsp3) is 0.0833. The van der Waals surface area contributed by atoms with Gasteiger partial charge in [0.05, 0.1) is 4.92 Å². The number of rotatable bonds is 4. The van der Waals surface area contributed by atoms with Gasteiger partial charge in [-0.2, -0.15) is 0 Å². The second-order valence-corrected chi connectivity index (χ2v) is 3.45. The van der Waals surface area contributed by atoms with Gasteiger partial charge >= 0.3 is 0 Å². The van der Waals surface area contributed by atoms with Gasteiger partial charge in [-0.1, -0.05) is 24.3 Å². The number of hydrogen-bond donors (Lipinski definition) is 1. The highest BCUT2D eigenvalue weighted by Gasteiger charge is 2.11. The van der Waals surface area contributed by atoms with Crippen molar-refractivity contribution in [3.63, 3.8) is 0 Å². The molecule has 1 aromatic heterocycles. The minimum absolute atomic E-state index is 0.121. The Morgan fingerprint density at radius 2 is 1.94 bits per heavy atom. The summed E-state index contributed by atoms with van der Waals surface area (Å²) in [5.74, 6) is 0.700. The predicted molar refractivity (Wildman–Crippen MR) is 64.7 cm³/mol. The van der Waals surface area contributed by atoms with Gasteiger partial charge < -0.3 is 5.32 Å². The molecular weight excluding hydrogens is 218 g/mol. The monoisotopic (exact) mass is 229 g/mol. The van der Waals surface area contributed by atoms with Crippen molar-refractivity contribution in [3.05, 3.63) is 64.3 Å². The molecule has 2 aromatic rings. The van der Waals surface area contributed by atoms with E-state index in [4.69, 9.17) is 0 Å². The van der Waals surface area contributed by atoms with E-state index in [0.29, 0.717) is 17.9 Å². The van der Waals surface area contributed by atoms with Crippen LogP contribution in [0, 0.1) is 10.1 Å². The number of nitrogens with one attached hydrogen (secondary N) is 1. The molecule has 0 aliphatic carbocycles. The van der Waals surface area contributed by atoms with Gasteiger partial charge in [0.1, 0.15) is 5.82 Å². The molecule has 0 atom stereocenters. The third-order valence-electron chi connectivity index (χ3n) is 2.31. The van der Waals surface area contributed by atoms with E-state index in [-0.39, 0.29) is 10.6 Å². The van der Waals surface area contributed by atoms with E-state index in [1.807, 2.05) is 18.2 Å². The molecule has 1 aromatic carbocycles. The molecule has 5 nitrogen and oxygen atoms in total. The van der Waals surface area contributed by atoms with Gasteiger partial charge in [0.25, 0.3) is 5.69 Å². The predicted octanol–water partition coefficient (Wildman–Crippen LogP) is 2.60. The van der Waals surface area contributed by atoms with Crippen LogP contribution in [0.4, 0.5) is 11.5 Å². The van der Waals surface area contributed by atoms with Crippen LogP contribution in [0.3, 0.4) is 0 Å². The molecule has 0 unspecified atom stereocenters. The number of para-hydroxylation sites is 1. The molecular formula is C12H11N3O2. The first-order valence-electron chi connectivity index (χ1n) is 5.14. The number of nitro groups is 1. The zero-order chi connectivity index (χ0) is 12.1. The normalized spacial score (nSPS) is 9.88. The first-order chi connectivity index (χ1) is 8.27. The second-order valence-electron chi connectivity index (χ2n) is 3.45. The van der Waals surface area contributed by atoms with Crippen LogP contribution in [-0.2, 0) is 6.54 Å². The van der Waals surface area contributed by atoms with E-state index >= 15 is 0 Å². The summed E-state index contributed by atoms with van der Waals surface area (Å²) in [6.07, 6.45) is 1.67. The lowest BCUT2D eigenvalue weighted by Gasteiger charge is -2.05. The van der Waals surface area contributed by atoms with Crippen LogP contribution in [0.25, 0.3) is 0 Å². The number of hydrogen-bond acceptors (Lipinski definition) is 4. The topological polar surface area (TPSA) is 68.1 Å². The summed E-state index contributed by atoms with van der Waals surface area (Å²) in [4.78, 5) is 14.5. The van der Waals surface area contributed by atoms with Crippen molar-refractivity contribution in [3.8, 4) is 0 Å². The Balaban J connectivity index is 2.12. The van der Waals surface area contributed by atoms with Crippen LogP contribution >= 0.6 is 0 Å². The van der Waals surface area contributed by atoms with Crippen LogP contribution in [0.15, 0.2) is 48.7 Å². The van der Waals surface area contributed by atoms with Gasteiger partial charge in [0, 0.05) is 24.4 Å². The largest absolute Gasteiger partial charge is 0.366 e. The summed E-state index contributed by atoms with van der Waals surface area (Å²) in [5.41, 5.74) is 0.763. The molecule has 0 saturated carbocycles. The Morgan fingerprint density at radius 3 is 2.65 bits per heavy atom. The number of benzene rings is 1. The molecule has 2 rings (SSSR count). The minimum atomic E-state index is -0.380. The highest BCUT2D eigenvalue weighted by molar-refractivity contribution is 5.43. The van der Waals surface area contributed by atoms with Gasteiger partial charge in [0.2, 0.25) is 0 Å². The molecule has 1 heterocycles. The maximum atomic E-state index is 10.8. The van der Waals surface area contributed by atoms with E-state index in [2.05, 4.69) is 10.3 Å². The van der Waals surface area contributed by atoms with Crippen molar-refractivity contribution >= 4 is 11.5 Å². The van der Waals surface area contributed by atoms with E-state index in [1.54, 1.807) is 24.4 Å². The molecule has 0 amide bonds. The average molecular weight is 229 g/mol. The molecule has 5 heteroatoms. The Kier molecular flexibility index (Phi) is 3.30. The minimum Gasteiger partial charge on any atom is -0.366 e. The van der Waals surface area contributed by atoms with Crippen molar-refractivity contribution in [2.24, 2.45) is 0 Å². The molecule has 0 bridgehead atoms. The summed E-state index contributed by atoms with van der Waals surface area (Å²) in [6, 6.07) is 12.1. The lowest BCUT2D eigenvalue weighted by Crippen LogP contribution is -2.03. The summed E-state index contributed by atoms with van der Waals surface area (Å²) in [7, 11) is 0. The fourth-order valence-electron chi connectivity index (χ4n) is 1.49. The molecule has 0 aliphatic heterocycles. The Hall–Kier alpha value is -2.43. The molecule has 1 N–H and O–H groups in total. The van der Waals surface area contributed by atoms with E-state index in [0.717, 1.165) is 0 Å². The standard InChI is InChI=1S/C12H11N3O2/c16-15(17)11-6-2-1-5-10(11)9-14-12-7-3-4-8-13-12/h1-8H,9H2,(H,13,14). The van der Waals surface area contributed by atoms with Crippen molar-refractivity contribution in [1.29, 1.82) is 0 Å². The van der Waals surface area contributed by atoms with Crippen LogP contribution in [0.2, 0.25) is 0 Å². The molecule has 0 spiro atoms. The molecule has 86 valence electrons. The van der Waals surface area contributed by atoms with Gasteiger partial charge in [-0.3, -0.25) is 10.1 Å². The van der Waals surface area contributed by atoms with Gasteiger partial charge in [-0.05, 0) is 12.1 Å². The van der Waals surface area contributed by atoms with Crippen LogP contribution in [0.1, 0.15) is 5.56 Å². The zero-order valence-electron chi connectivity index (χ0n) is 9.04. The van der Waals surface area contributed by atoms with Crippen molar-refractivity contribution < 1.29 is 4.92 Å². The van der Waals surface area contributed by atoms with Crippen LogP contribution < -0.4 is 5.32 Å². The van der Waals surface area contributed by atoms with Crippen LogP contribution in [-0.4, -0.2) is 9.91 Å². The van der Waals surface area contributed by atoms with Gasteiger partial charge in [0.15, 0.2) is 0 Å². The number of anilines is 1. The van der Waals surface area contributed by atoms with E-state index in [1.165, 1.54) is 6.07 Å². The van der Waals surface area contributed by atoms with Crippen molar-refractivity contribution in [2.45, 2.75) is 6.54 Å². The van der Waals surface area contributed by atoms with Crippen molar-refractivity contribution in [1.82, 2.24) is 4.98 Å². The summed E-state index contributed by atoms with van der Waals surface area (Å²) < 4.78 is 0. The first-order valence-corrected chi connectivity index (χ1v) is 5.14. The van der Waals surface area contributed by atoms with Crippen molar-refractivity contribution in [2.75, 3.05) is 5.32 Å². The number of nitro benzene ring substituents is 1. The van der Waals surface area contributed by atoms with Gasteiger partial charge in [-0.25, -0.2) is 4.98 Å². The first kappa shape index (κ1) is 11.1. The maximum Gasteiger partial charge on any atom is 0.274 e. The Bertz CT molecular complexity index is 514. The smallest absolute Gasteiger partial charge is 0.274 e. The second kappa shape index (κ2) is 5.07. The third kappa shape index (κ3) is 2.78. The SMILES string of the molecule is O=[N+]([O-])c1ccccc1CNc1ccccn1. The van der Waals surface area contributed by atoms with Crippen LogP contribution in [0.5, 0.6) is 0 Å². The highest BCUT2D eigenvalue weighted by Crippen LogP contribution is 2.18. The Labute approximate surface area is 98.3 Å². The summed E-state index contributed by atoms with van der Waals surface area (Å²) in [5, 5.41) is 13.8. The lowest BCUT2D eigenvalue weighted by molar-refractivity contribution is -0.385. The number of aromatic nitrogens is 1.